The first-order valence-electron chi connectivity index (χ1n) is 7.19. The summed E-state index contributed by atoms with van der Waals surface area (Å²) in [6, 6.07) is 3.23. The molecule has 8 heteroatoms. The summed E-state index contributed by atoms with van der Waals surface area (Å²) >= 11 is 1.49. The van der Waals surface area contributed by atoms with Crippen LogP contribution in [0, 0.1) is 0 Å². The Morgan fingerprint density at radius 1 is 1.32 bits per heavy atom. The number of hydrogen-bond acceptors (Lipinski definition) is 4. The summed E-state index contributed by atoms with van der Waals surface area (Å²) in [6.07, 6.45) is 3.92. The van der Waals surface area contributed by atoms with Crippen molar-refractivity contribution in [1.82, 2.24) is 10.6 Å². The lowest BCUT2D eigenvalue weighted by Crippen LogP contribution is -2.42. The van der Waals surface area contributed by atoms with E-state index in [2.05, 4.69) is 10.6 Å². The molecule has 0 spiro atoms. The van der Waals surface area contributed by atoms with Gasteiger partial charge in [-0.25, -0.2) is 4.79 Å². The monoisotopic (exact) mass is 346 g/mol. The molecule has 1 aliphatic rings. The van der Waals surface area contributed by atoms with Crippen LogP contribution in [-0.4, -0.2) is 24.0 Å². The molecule has 124 valence electrons. The Bertz CT molecular complexity index is 475. The lowest BCUT2D eigenvalue weighted by molar-refractivity contribution is -0.122. The predicted molar refractivity (Wildman–Crippen MR) is 90.0 cm³/mol. The minimum Gasteiger partial charge on any atom is -0.353 e. The van der Waals surface area contributed by atoms with Crippen LogP contribution in [0.2, 0.25) is 0 Å². The van der Waals surface area contributed by atoms with Crippen LogP contribution in [-0.2, 0) is 4.79 Å². The average Bonchev–Trinajstić information content (AvgIpc) is 2.94. The molecule has 1 heterocycles. The highest BCUT2D eigenvalue weighted by atomic mass is 35.5. The van der Waals surface area contributed by atoms with Gasteiger partial charge in [0, 0.05) is 17.0 Å². The third-order valence-electron chi connectivity index (χ3n) is 3.73. The fourth-order valence-electron chi connectivity index (χ4n) is 2.62. The first-order valence-corrected chi connectivity index (χ1v) is 8.07. The molecule has 1 saturated carbocycles. The summed E-state index contributed by atoms with van der Waals surface area (Å²) < 4.78 is 0. The fourth-order valence-corrected chi connectivity index (χ4v) is 3.40. The molecule has 6 nitrogen and oxygen atoms in total. The second kappa shape index (κ2) is 8.97. The number of carbonyl (C=O) groups is 2. The molecular formula is C14H23ClN4O2S. The molecular weight excluding hydrogens is 324 g/mol. The van der Waals surface area contributed by atoms with E-state index in [9.17, 15) is 9.59 Å². The highest BCUT2D eigenvalue weighted by molar-refractivity contribution is 7.10. The molecule has 1 aromatic heterocycles. The molecule has 1 aliphatic carbocycles. The lowest BCUT2D eigenvalue weighted by Gasteiger charge is -2.27. The first kappa shape index (κ1) is 18.7. The number of nitrogens with one attached hydrogen (secondary N) is 2. The Hall–Kier alpha value is -1.31. The van der Waals surface area contributed by atoms with Gasteiger partial charge in [-0.15, -0.1) is 23.7 Å². The van der Waals surface area contributed by atoms with Gasteiger partial charge in [0.05, 0.1) is 12.5 Å². The number of primary amides is 1. The zero-order valence-electron chi connectivity index (χ0n) is 12.3. The van der Waals surface area contributed by atoms with Crippen molar-refractivity contribution in [2.75, 3.05) is 0 Å². The number of halogens is 1. The predicted octanol–water partition coefficient (Wildman–Crippen LogP) is 1.66. The highest BCUT2D eigenvalue weighted by Gasteiger charge is 2.23. The van der Waals surface area contributed by atoms with Crippen molar-refractivity contribution < 1.29 is 9.59 Å². The number of urea groups is 1. The molecule has 22 heavy (non-hydrogen) atoms. The molecule has 1 aromatic rings. The highest BCUT2D eigenvalue weighted by Crippen LogP contribution is 2.23. The van der Waals surface area contributed by atoms with Crippen molar-refractivity contribution in [2.45, 2.75) is 50.2 Å². The van der Waals surface area contributed by atoms with Gasteiger partial charge in [-0.1, -0.05) is 6.07 Å². The third-order valence-corrected chi connectivity index (χ3v) is 4.72. The molecule has 3 amide bonds. The average molecular weight is 347 g/mol. The molecule has 1 fully saturated rings. The fraction of sp³-hybridized carbons (Fsp3) is 0.571. The van der Waals surface area contributed by atoms with E-state index in [4.69, 9.17) is 11.5 Å². The van der Waals surface area contributed by atoms with E-state index in [0.29, 0.717) is 0 Å². The zero-order chi connectivity index (χ0) is 15.2. The molecule has 0 radical (unpaired) electrons. The van der Waals surface area contributed by atoms with Crippen LogP contribution < -0.4 is 22.1 Å². The minimum absolute atomic E-state index is 0. The van der Waals surface area contributed by atoms with Crippen LogP contribution in [0.3, 0.4) is 0 Å². The SMILES string of the molecule is Cl.NC(=O)NC(CC(=O)NC1CCC(N)CC1)c1cccs1. The molecule has 2 rings (SSSR count). The van der Waals surface area contributed by atoms with Crippen molar-refractivity contribution >= 4 is 35.7 Å². The summed E-state index contributed by atoms with van der Waals surface area (Å²) in [6.45, 7) is 0. The van der Waals surface area contributed by atoms with E-state index < -0.39 is 6.03 Å². The van der Waals surface area contributed by atoms with Crippen LogP contribution in [0.15, 0.2) is 17.5 Å². The van der Waals surface area contributed by atoms with E-state index in [1.54, 1.807) is 0 Å². The second-order valence-electron chi connectivity index (χ2n) is 5.46. The maximum Gasteiger partial charge on any atom is 0.312 e. The Morgan fingerprint density at radius 2 is 2.00 bits per heavy atom. The van der Waals surface area contributed by atoms with Gasteiger partial charge in [-0.2, -0.15) is 0 Å². The molecule has 0 saturated heterocycles. The maximum atomic E-state index is 12.2. The van der Waals surface area contributed by atoms with Crippen molar-refractivity contribution in [1.29, 1.82) is 0 Å². The molecule has 0 aromatic carbocycles. The Labute approximate surface area is 140 Å². The van der Waals surface area contributed by atoms with E-state index in [1.807, 2.05) is 17.5 Å². The Morgan fingerprint density at radius 3 is 2.55 bits per heavy atom. The van der Waals surface area contributed by atoms with E-state index in [1.165, 1.54) is 11.3 Å². The molecule has 6 N–H and O–H groups in total. The van der Waals surface area contributed by atoms with E-state index in [-0.39, 0.29) is 42.9 Å². The molecule has 0 aliphatic heterocycles. The zero-order valence-corrected chi connectivity index (χ0v) is 13.9. The normalized spacial score (nSPS) is 22.2. The maximum absolute atomic E-state index is 12.2. The van der Waals surface area contributed by atoms with Crippen LogP contribution in [0.5, 0.6) is 0 Å². The second-order valence-corrected chi connectivity index (χ2v) is 6.44. The number of amides is 3. The van der Waals surface area contributed by atoms with Gasteiger partial charge in [0.25, 0.3) is 0 Å². The molecule has 1 unspecified atom stereocenters. The summed E-state index contributed by atoms with van der Waals surface area (Å²) in [5.74, 6) is -0.0670. The first-order chi connectivity index (χ1) is 10.0. The smallest absolute Gasteiger partial charge is 0.312 e. The quantitative estimate of drug-likeness (QED) is 0.650. The van der Waals surface area contributed by atoms with Gasteiger partial charge in [-0.3, -0.25) is 4.79 Å². The summed E-state index contributed by atoms with van der Waals surface area (Å²) in [7, 11) is 0. The summed E-state index contributed by atoms with van der Waals surface area (Å²) in [5, 5.41) is 7.56. The van der Waals surface area contributed by atoms with E-state index >= 15 is 0 Å². The van der Waals surface area contributed by atoms with Crippen LogP contribution in [0.25, 0.3) is 0 Å². The standard InChI is InChI=1S/C14H22N4O2S.ClH/c15-9-3-5-10(6-4-9)17-13(19)8-11(18-14(16)20)12-2-1-7-21-12;/h1-2,7,9-11H,3-6,8,15H2,(H,17,19)(H3,16,18,20);1H. The van der Waals surface area contributed by atoms with Gasteiger partial charge in [0.2, 0.25) is 5.91 Å². The lowest BCUT2D eigenvalue weighted by atomic mass is 9.91. The number of nitrogens with two attached hydrogens (primary N) is 2. The van der Waals surface area contributed by atoms with Gasteiger partial charge in [0.1, 0.15) is 0 Å². The third kappa shape index (κ3) is 5.82. The number of thiophene rings is 1. The van der Waals surface area contributed by atoms with Gasteiger partial charge in [-0.05, 0) is 37.1 Å². The Kier molecular flexibility index (Phi) is 7.64. The van der Waals surface area contributed by atoms with Gasteiger partial charge < -0.3 is 22.1 Å². The van der Waals surface area contributed by atoms with Crippen LogP contribution >= 0.6 is 23.7 Å². The van der Waals surface area contributed by atoms with Crippen LogP contribution in [0.4, 0.5) is 4.79 Å². The van der Waals surface area contributed by atoms with Crippen molar-refractivity contribution in [3.63, 3.8) is 0 Å². The number of hydrogen-bond donors (Lipinski definition) is 4. The topological polar surface area (TPSA) is 110 Å². The van der Waals surface area contributed by atoms with Gasteiger partial charge >= 0.3 is 6.03 Å². The number of rotatable bonds is 5. The van der Waals surface area contributed by atoms with Crippen molar-refractivity contribution in [3.8, 4) is 0 Å². The van der Waals surface area contributed by atoms with Crippen molar-refractivity contribution in [2.24, 2.45) is 11.5 Å². The van der Waals surface area contributed by atoms with Gasteiger partial charge in [0.15, 0.2) is 0 Å². The summed E-state index contributed by atoms with van der Waals surface area (Å²) in [4.78, 5) is 24.2. The largest absolute Gasteiger partial charge is 0.353 e. The summed E-state index contributed by atoms with van der Waals surface area (Å²) in [5.41, 5.74) is 11.0. The number of carbonyl (C=O) groups excluding carboxylic acids is 2. The van der Waals surface area contributed by atoms with Crippen LogP contribution in [0.1, 0.15) is 43.0 Å². The van der Waals surface area contributed by atoms with Crippen molar-refractivity contribution in [3.05, 3.63) is 22.4 Å². The minimum atomic E-state index is -0.621. The molecule has 1 atom stereocenters. The van der Waals surface area contributed by atoms with E-state index in [0.717, 1.165) is 30.6 Å². The Balaban J connectivity index is 0.00000242. The molecule has 0 bridgehead atoms.